The summed E-state index contributed by atoms with van der Waals surface area (Å²) in [6.45, 7) is 7.48. The van der Waals surface area contributed by atoms with E-state index < -0.39 is 0 Å². The molecule has 4 heteroatoms. The van der Waals surface area contributed by atoms with Crippen molar-refractivity contribution in [3.63, 3.8) is 0 Å². The van der Waals surface area contributed by atoms with E-state index in [9.17, 15) is 0 Å². The molecule has 2 aromatic rings. The van der Waals surface area contributed by atoms with Crippen LogP contribution in [0.2, 0.25) is 0 Å². The Balaban J connectivity index is 2.07. The zero-order valence-electron chi connectivity index (χ0n) is 11.5. The summed E-state index contributed by atoms with van der Waals surface area (Å²) in [7, 11) is 0. The van der Waals surface area contributed by atoms with Crippen molar-refractivity contribution in [2.45, 2.75) is 27.2 Å². The third-order valence-electron chi connectivity index (χ3n) is 3.13. The predicted octanol–water partition coefficient (Wildman–Crippen LogP) is 3.60. The van der Waals surface area contributed by atoms with Gasteiger partial charge in [-0.25, -0.2) is 4.98 Å². The van der Waals surface area contributed by atoms with Gasteiger partial charge in [0.25, 0.3) is 0 Å². The van der Waals surface area contributed by atoms with Crippen molar-refractivity contribution in [1.29, 1.82) is 0 Å². The standard InChI is InChI=1S/C15H17N3S/c1-15(2,3)13-12-10(7-9-17-13)18-14(19-12)11-6-4-5-8-16-11/h4-6,8H,7,9H2,1-3H3. The number of rotatable bonds is 1. The maximum Gasteiger partial charge on any atom is 0.142 e. The number of pyridine rings is 1. The van der Waals surface area contributed by atoms with E-state index in [1.807, 2.05) is 24.4 Å². The van der Waals surface area contributed by atoms with Crippen molar-refractivity contribution in [3.05, 3.63) is 35.0 Å². The minimum Gasteiger partial charge on any atom is -0.287 e. The van der Waals surface area contributed by atoms with Crippen molar-refractivity contribution in [2.75, 3.05) is 6.54 Å². The van der Waals surface area contributed by atoms with Gasteiger partial charge in [0.05, 0.1) is 22.0 Å². The number of hydrogen-bond donors (Lipinski definition) is 0. The third kappa shape index (κ3) is 2.32. The van der Waals surface area contributed by atoms with Crippen LogP contribution in [0.15, 0.2) is 29.4 Å². The quantitative estimate of drug-likeness (QED) is 0.795. The Kier molecular flexibility index (Phi) is 2.97. The van der Waals surface area contributed by atoms with Gasteiger partial charge in [-0.05, 0) is 12.1 Å². The van der Waals surface area contributed by atoms with E-state index in [1.165, 1.54) is 16.3 Å². The number of fused-ring (bicyclic) bond motifs is 1. The molecule has 0 atom stereocenters. The van der Waals surface area contributed by atoms with E-state index in [2.05, 4.69) is 25.8 Å². The summed E-state index contributed by atoms with van der Waals surface area (Å²) in [5.41, 5.74) is 3.40. The first-order valence-corrected chi connectivity index (χ1v) is 7.34. The highest BCUT2D eigenvalue weighted by atomic mass is 32.1. The van der Waals surface area contributed by atoms with Crippen LogP contribution in [0.1, 0.15) is 31.3 Å². The van der Waals surface area contributed by atoms with Crippen molar-refractivity contribution >= 4 is 17.0 Å². The Labute approximate surface area is 117 Å². The van der Waals surface area contributed by atoms with E-state index in [0.29, 0.717) is 0 Å². The van der Waals surface area contributed by atoms with E-state index in [4.69, 9.17) is 9.98 Å². The number of thiazole rings is 1. The van der Waals surface area contributed by atoms with Crippen LogP contribution in [0.5, 0.6) is 0 Å². The van der Waals surface area contributed by atoms with Crippen LogP contribution >= 0.6 is 11.3 Å². The fraction of sp³-hybridized carbons (Fsp3) is 0.400. The highest BCUT2D eigenvalue weighted by molar-refractivity contribution is 7.17. The molecule has 3 rings (SSSR count). The van der Waals surface area contributed by atoms with Crippen molar-refractivity contribution < 1.29 is 0 Å². The molecular formula is C15H17N3S. The average Bonchev–Trinajstić information content (AvgIpc) is 2.82. The minimum absolute atomic E-state index is 0.0725. The Bertz CT molecular complexity index is 621. The molecule has 2 aromatic heterocycles. The van der Waals surface area contributed by atoms with Crippen LogP contribution in [-0.2, 0) is 6.42 Å². The molecule has 98 valence electrons. The van der Waals surface area contributed by atoms with Gasteiger partial charge in [-0.15, -0.1) is 11.3 Å². The first-order valence-electron chi connectivity index (χ1n) is 6.52. The molecule has 0 aromatic carbocycles. The molecule has 0 aliphatic carbocycles. The summed E-state index contributed by atoms with van der Waals surface area (Å²) in [6.07, 6.45) is 2.76. The average molecular weight is 271 g/mol. The molecule has 3 heterocycles. The predicted molar refractivity (Wildman–Crippen MR) is 79.9 cm³/mol. The molecule has 0 spiro atoms. The number of aliphatic imine (C=N–C) groups is 1. The highest BCUT2D eigenvalue weighted by Gasteiger charge is 2.28. The topological polar surface area (TPSA) is 38.1 Å². The van der Waals surface area contributed by atoms with Crippen LogP contribution < -0.4 is 0 Å². The maximum atomic E-state index is 4.76. The molecule has 3 nitrogen and oxygen atoms in total. The molecule has 0 amide bonds. The fourth-order valence-corrected chi connectivity index (χ4v) is 3.54. The first-order chi connectivity index (χ1) is 9.05. The molecule has 0 unspecified atom stereocenters. The zero-order valence-corrected chi connectivity index (χ0v) is 12.3. The van der Waals surface area contributed by atoms with E-state index in [0.717, 1.165) is 23.7 Å². The SMILES string of the molecule is CC(C)(C)C1=NCCc2nc(-c3ccccn3)sc21. The zero-order chi connectivity index (χ0) is 13.5. The normalized spacial score (nSPS) is 15.0. The molecule has 0 N–H and O–H groups in total. The van der Waals surface area contributed by atoms with Gasteiger partial charge < -0.3 is 0 Å². The number of aromatic nitrogens is 2. The minimum atomic E-state index is 0.0725. The van der Waals surface area contributed by atoms with Crippen LogP contribution in [-0.4, -0.2) is 22.2 Å². The summed E-state index contributed by atoms with van der Waals surface area (Å²) in [5, 5.41) is 1.00. The molecule has 0 radical (unpaired) electrons. The second-order valence-electron chi connectivity index (χ2n) is 5.74. The Morgan fingerprint density at radius 2 is 2.05 bits per heavy atom. The van der Waals surface area contributed by atoms with Crippen molar-refractivity contribution in [1.82, 2.24) is 9.97 Å². The Hall–Kier alpha value is -1.55. The molecule has 1 aliphatic rings. The van der Waals surface area contributed by atoms with Gasteiger partial charge in [0.1, 0.15) is 5.01 Å². The van der Waals surface area contributed by atoms with Crippen LogP contribution in [0.3, 0.4) is 0 Å². The lowest BCUT2D eigenvalue weighted by molar-refractivity contribution is 0.586. The van der Waals surface area contributed by atoms with Crippen LogP contribution in [0.25, 0.3) is 10.7 Å². The van der Waals surface area contributed by atoms with Crippen LogP contribution in [0, 0.1) is 5.41 Å². The molecule has 19 heavy (non-hydrogen) atoms. The van der Waals surface area contributed by atoms with Gasteiger partial charge in [0.2, 0.25) is 0 Å². The summed E-state index contributed by atoms with van der Waals surface area (Å²) in [6, 6.07) is 5.94. The van der Waals surface area contributed by atoms with Gasteiger partial charge in [-0.3, -0.25) is 9.98 Å². The molecule has 0 saturated carbocycles. The van der Waals surface area contributed by atoms with Gasteiger partial charge in [-0.1, -0.05) is 26.8 Å². The second-order valence-corrected chi connectivity index (χ2v) is 6.74. The van der Waals surface area contributed by atoms with Crippen LogP contribution in [0.4, 0.5) is 0 Å². The molecule has 0 fully saturated rings. The largest absolute Gasteiger partial charge is 0.287 e. The third-order valence-corrected chi connectivity index (χ3v) is 4.25. The van der Waals surface area contributed by atoms with Crippen molar-refractivity contribution in [2.24, 2.45) is 10.4 Å². The summed E-state index contributed by atoms with van der Waals surface area (Å²) in [4.78, 5) is 15.1. The number of nitrogens with zero attached hydrogens (tertiary/aromatic N) is 3. The second kappa shape index (κ2) is 4.53. The highest BCUT2D eigenvalue weighted by Crippen LogP contribution is 2.34. The van der Waals surface area contributed by atoms with Gasteiger partial charge in [0, 0.05) is 24.6 Å². The lowest BCUT2D eigenvalue weighted by Crippen LogP contribution is -2.25. The monoisotopic (exact) mass is 271 g/mol. The Morgan fingerprint density at radius 1 is 1.21 bits per heavy atom. The molecule has 0 saturated heterocycles. The fourth-order valence-electron chi connectivity index (χ4n) is 2.23. The van der Waals surface area contributed by atoms with Gasteiger partial charge in [0.15, 0.2) is 0 Å². The summed E-state index contributed by atoms with van der Waals surface area (Å²) < 4.78 is 0. The summed E-state index contributed by atoms with van der Waals surface area (Å²) >= 11 is 1.72. The molecule has 0 bridgehead atoms. The lowest BCUT2D eigenvalue weighted by Gasteiger charge is -2.23. The lowest BCUT2D eigenvalue weighted by atomic mass is 9.87. The van der Waals surface area contributed by atoms with E-state index in [-0.39, 0.29) is 5.41 Å². The number of hydrogen-bond acceptors (Lipinski definition) is 4. The molecular weight excluding hydrogens is 254 g/mol. The molecule has 1 aliphatic heterocycles. The Morgan fingerprint density at radius 3 is 2.74 bits per heavy atom. The smallest absolute Gasteiger partial charge is 0.142 e. The maximum absolute atomic E-state index is 4.76. The summed E-state index contributed by atoms with van der Waals surface area (Å²) in [5.74, 6) is 0. The van der Waals surface area contributed by atoms with Gasteiger partial charge in [-0.2, -0.15) is 0 Å². The van der Waals surface area contributed by atoms with E-state index >= 15 is 0 Å². The van der Waals surface area contributed by atoms with E-state index in [1.54, 1.807) is 11.3 Å². The van der Waals surface area contributed by atoms with Crippen molar-refractivity contribution in [3.8, 4) is 10.7 Å². The first kappa shape index (κ1) is 12.5. The van der Waals surface area contributed by atoms with Gasteiger partial charge >= 0.3 is 0 Å².